The number of hydrogen-bond acceptors (Lipinski definition) is 3. The Balaban J connectivity index is 1.93. The second-order valence-corrected chi connectivity index (χ2v) is 6.92. The Hall–Kier alpha value is -0.930. The van der Waals surface area contributed by atoms with E-state index in [0.29, 0.717) is 17.5 Å². The first kappa shape index (κ1) is 15.5. The van der Waals surface area contributed by atoms with Crippen LogP contribution in [-0.4, -0.2) is 42.6 Å². The Bertz CT molecular complexity index is 402. The van der Waals surface area contributed by atoms with Gasteiger partial charge in [0.05, 0.1) is 0 Å². The first-order valence-corrected chi connectivity index (χ1v) is 7.79. The van der Waals surface area contributed by atoms with E-state index in [4.69, 9.17) is 0 Å². The lowest BCUT2D eigenvalue weighted by atomic mass is 9.72. The second kappa shape index (κ2) is 6.68. The molecule has 1 aromatic rings. The Morgan fingerprint density at radius 3 is 2.85 bits per heavy atom. The van der Waals surface area contributed by atoms with Crippen molar-refractivity contribution in [3.63, 3.8) is 0 Å². The fourth-order valence-electron chi connectivity index (χ4n) is 3.35. The quantitative estimate of drug-likeness (QED) is 0.895. The molecule has 0 spiro atoms. The van der Waals surface area contributed by atoms with Crippen LogP contribution in [0.1, 0.15) is 38.8 Å². The molecule has 1 heterocycles. The van der Waals surface area contributed by atoms with Crippen LogP contribution in [0.15, 0.2) is 24.4 Å². The van der Waals surface area contributed by atoms with E-state index in [0.717, 1.165) is 13.0 Å². The summed E-state index contributed by atoms with van der Waals surface area (Å²) in [4.78, 5) is 6.95. The van der Waals surface area contributed by atoms with Crippen LogP contribution < -0.4 is 5.32 Å². The van der Waals surface area contributed by atoms with Gasteiger partial charge in [-0.1, -0.05) is 19.9 Å². The summed E-state index contributed by atoms with van der Waals surface area (Å²) in [5.74, 6) is 0. The van der Waals surface area contributed by atoms with Crippen molar-refractivity contribution in [2.24, 2.45) is 5.41 Å². The molecule has 2 rings (SSSR count). The standard InChI is InChI=1S/C17H29N3/c1-17(2)10-8-15(18-3)16(13-17)20(4)12-9-14-7-5-6-11-19-14/h5-7,11,15-16,18H,8-10,12-13H2,1-4H3. The van der Waals surface area contributed by atoms with E-state index in [9.17, 15) is 0 Å². The normalized spacial score (nSPS) is 25.9. The summed E-state index contributed by atoms with van der Waals surface area (Å²) in [6, 6.07) is 7.43. The molecule has 0 radical (unpaired) electrons. The van der Waals surface area contributed by atoms with Gasteiger partial charge in [-0.25, -0.2) is 0 Å². The summed E-state index contributed by atoms with van der Waals surface area (Å²) >= 11 is 0. The first-order valence-electron chi connectivity index (χ1n) is 7.79. The number of hydrogen-bond donors (Lipinski definition) is 1. The van der Waals surface area contributed by atoms with Crippen molar-refractivity contribution < 1.29 is 0 Å². The third-order valence-electron chi connectivity index (χ3n) is 4.74. The Kier molecular flexibility index (Phi) is 5.17. The van der Waals surface area contributed by atoms with Gasteiger partial charge >= 0.3 is 0 Å². The van der Waals surface area contributed by atoms with Crippen molar-refractivity contribution >= 4 is 0 Å². The van der Waals surface area contributed by atoms with Gasteiger partial charge in [0.1, 0.15) is 0 Å². The SMILES string of the molecule is CNC1CCC(C)(C)CC1N(C)CCc1ccccn1. The van der Waals surface area contributed by atoms with Crippen LogP contribution in [0, 0.1) is 5.41 Å². The van der Waals surface area contributed by atoms with Gasteiger partial charge in [-0.3, -0.25) is 4.98 Å². The summed E-state index contributed by atoms with van der Waals surface area (Å²) in [5, 5.41) is 3.51. The van der Waals surface area contributed by atoms with Crippen LogP contribution in [0.4, 0.5) is 0 Å². The summed E-state index contributed by atoms with van der Waals surface area (Å²) < 4.78 is 0. The molecule has 1 fully saturated rings. The molecule has 0 aliphatic heterocycles. The lowest BCUT2D eigenvalue weighted by Gasteiger charge is -2.44. The van der Waals surface area contributed by atoms with E-state index in [-0.39, 0.29) is 0 Å². The molecule has 20 heavy (non-hydrogen) atoms. The molecule has 1 N–H and O–H groups in total. The second-order valence-electron chi connectivity index (χ2n) is 6.92. The number of nitrogens with one attached hydrogen (secondary N) is 1. The van der Waals surface area contributed by atoms with Crippen LogP contribution in [0.2, 0.25) is 0 Å². The highest BCUT2D eigenvalue weighted by Gasteiger charge is 2.35. The van der Waals surface area contributed by atoms with Crippen molar-refractivity contribution in [1.29, 1.82) is 0 Å². The average molecular weight is 275 g/mol. The minimum atomic E-state index is 0.470. The van der Waals surface area contributed by atoms with Gasteiger partial charge in [-0.05, 0) is 50.9 Å². The molecule has 0 bridgehead atoms. The maximum absolute atomic E-state index is 4.42. The van der Waals surface area contributed by atoms with Gasteiger partial charge in [-0.2, -0.15) is 0 Å². The number of aromatic nitrogens is 1. The van der Waals surface area contributed by atoms with Crippen molar-refractivity contribution in [2.45, 2.75) is 51.6 Å². The zero-order valence-electron chi connectivity index (χ0n) is 13.4. The Morgan fingerprint density at radius 2 is 2.20 bits per heavy atom. The number of pyridine rings is 1. The highest BCUT2D eigenvalue weighted by molar-refractivity contribution is 5.04. The fourth-order valence-corrected chi connectivity index (χ4v) is 3.35. The minimum Gasteiger partial charge on any atom is -0.315 e. The first-order chi connectivity index (χ1) is 9.52. The fraction of sp³-hybridized carbons (Fsp3) is 0.706. The molecule has 1 aliphatic carbocycles. The predicted octanol–water partition coefficient (Wildman–Crippen LogP) is 2.72. The monoisotopic (exact) mass is 275 g/mol. The highest BCUT2D eigenvalue weighted by Crippen LogP contribution is 2.37. The highest BCUT2D eigenvalue weighted by atomic mass is 15.2. The van der Waals surface area contributed by atoms with Gasteiger partial charge in [-0.15, -0.1) is 0 Å². The molecule has 2 unspecified atom stereocenters. The van der Waals surface area contributed by atoms with E-state index >= 15 is 0 Å². The maximum Gasteiger partial charge on any atom is 0.0416 e. The summed E-state index contributed by atoms with van der Waals surface area (Å²) in [6.45, 7) is 5.88. The lowest BCUT2D eigenvalue weighted by molar-refractivity contribution is 0.0855. The van der Waals surface area contributed by atoms with E-state index in [1.807, 2.05) is 12.3 Å². The zero-order valence-corrected chi connectivity index (χ0v) is 13.4. The van der Waals surface area contributed by atoms with Crippen molar-refractivity contribution in [1.82, 2.24) is 15.2 Å². The van der Waals surface area contributed by atoms with E-state index in [1.165, 1.54) is 25.0 Å². The number of rotatable bonds is 5. The summed E-state index contributed by atoms with van der Waals surface area (Å²) in [6.07, 6.45) is 6.79. The van der Waals surface area contributed by atoms with E-state index < -0.39 is 0 Å². The average Bonchev–Trinajstić information content (AvgIpc) is 2.45. The number of likely N-dealkylation sites (N-methyl/N-ethyl adjacent to an activating group) is 2. The molecule has 0 saturated heterocycles. The summed E-state index contributed by atoms with van der Waals surface area (Å²) in [5.41, 5.74) is 1.66. The van der Waals surface area contributed by atoms with Crippen molar-refractivity contribution in [3.8, 4) is 0 Å². The van der Waals surface area contributed by atoms with Crippen molar-refractivity contribution in [2.75, 3.05) is 20.6 Å². The largest absolute Gasteiger partial charge is 0.315 e. The van der Waals surface area contributed by atoms with Gasteiger partial charge in [0.15, 0.2) is 0 Å². The molecule has 2 atom stereocenters. The molecule has 1 aliphatic rings. The third-order valence-corrected chi connectivity index (χ3v) is 4.74. The predicted molar refractivity (Wildman–Crippen MR) is 84.8 cm³/mol. The topological polar surface area (TPSA) is 28.2 Å². The lowest BCUT2D eigenvalue weighted by Crippen LogP contribution is -2.53. The van der Waals surface area contributed by atoms with Gasteiger partial charge in [0.2, 0.25) is 0 Å². The van der Waals surface area contributed by atoms with Crippen LogP contribution in [-0.2, 0) is 6.42 Å². The Morgan fingerprint density at radius 1 is 1.40 bits per heavy atom. The molecule has 3 nitrogen and oxygen atoms in total. The third kappa shape index (κ3) is 4.03. The zero-order chi connectivity index (χ0) is 14.6. The number of nitrogens with zero attached hydrogens (tertiary/aromatic N) is 2. The van der Waals surface area contributed by atoms with Gasteiger partial charge < -0.3 is 10.2 Å². The molecular weight excluding hydrogens is 246 g/mol. The molecule has 0 aromatic carbocycles. The van der Waals surface area contributed by atoms with Crippen LogP contribution in [0.25, 0.3) is 0 Å². The minimum absolute atomic E-state index is 0.470. The van der Waals surface area contributed by atoms with Gasteiger partial charge in [0.25, 0.3) is 0 Å². The smallest absolute Gasteiger partial charge is 0.0416 e. The molecule has 1 saturated carbocycles. The van der Waals surface area contributed by atoms with Crippen LogP contribution >= 0.6 is 0 Å². The Labute approximate surface area is 123 Å². The summed E-state index contributed by atoms with van der Waals surface area (Å²) in [7, 11) is 4.36. The van der Waals surface area contributed by atoms with Crippen LogP contribution in [0.5, 0.6) is 0 Å². The maximum atomic E-state index is 4.42. The molecule has 112 valence electrons. The van der Waals surface area contributed by atoms with Gasteiger partial charge in [0, 0.05) is 36.9 Å². The molecule has 3 heteroatoms. The molecule has 0 amide bonds. The van der Waals surface area contributed by atoms with Crippen LogP contribution in [0.3, 0.4) is 0 Å². The molecular formula is C17H29N3. The van der Waals surface area contributed by atoms with E-state index in [1.54, 1.807) is 0 Å². The molecule has 1 aromatic heterocycles. The van der Waals surface area contributed by atoms with Crippen molar-refractivity contribution in [3.05, 3.63) is 30.1 Å². The van der Waals surface area contributed by atoms with E-state index in [2.05, 4.69) is 55.3 Å².